The van der Waals surface area contributed by atoms with Gasteiger partial charge in [-0.1, -0.05) is 619 Å². The van der Waals surface area contributed by atoms with Crippen molar-refractivity contribution in [3.05, 3.63) is 0 Å². The molecule has 0 aliphatic rings. The van der Waals surface area contributed by atoms with Gasteiger partial charge in [0.05, 0.1) is 39.6 Å². The van der Waals surface area contributed by atoms with E-state index in [1.807, 2.05) is 0 Å². The number of hydrogen-bond donors (Lipinski definition) is 0. The highest BCUT2D eigenvalue weighted by Crippen LogP contribution is 2.45. The quantitative estimate of drug-likeness (QED) is 0.0437. The van der Waals surface area contributed by atoms with Gasteiger partial charge < -0.3 is 42.0 Å². The summed E-state index contributed by atoms with van der Waals surface area (Å²) in [5.41, 5.74) is 0. The summed E-state index contributed by atoms with van der Waals surface area (Å²) >= 11 is 0. The molecule has 0 fully saturated rings. The third-order valence-corrected chi connectivity index (χ3v) is 28.8. The van der Waals surface area contributed by atoms with Gasteiger partial charge in [0.15, 0.2) is 0 Å². The van der Waals surface area contributed by atoms with Gasteiger partial charge >= 0.3 is 8.60 Å². The zero-order chi connectivity index (χ0) is 91.0. The molecule has 0 aliphatic heterocycles. The molecule has 0 radical (unpaired) electrons. The predicted molar refractivity (Wildman–Crippen MR) is 564 cm³/mol. The molecule has 0 unspecified atom stereocenters. The van der Waals surface area contributed by atoms with E-state index in [0.29, 0.717) is 39.6 Å². The highest BCUT2D eigenvalue weighted by Gasteiger charge is 2.29. The van der Waals surface area contributed by atoms with Crippen molar-refractivity contribution < 1.29 is 42.0 Å². The number of ether oxygens (including phenoxy) is 6. The average molecular weight is 1820 g/mol. The minimum absolute atomic E-state index is 0.358. The lowest BCUT2D eigenvalue weighted by Crippen LogP contribution is -2.31. The second-order valence-electron chi connectivity index (χ2n) is 40.7. The van der Waals surface area contributed by atoms with Crippen LogP contribution in [0, 0.1) is 0 Å². The number of rotatable bonds is 120. The van der Waals surface area contributed by atoms with E-state index in [9.17, 15) is 0 Å². The largest absolute Gasteiger partial charge is 0.379 e. The maximum Gasteiger partial charge on any atom is 0.333 e. The molecule has 0 rings (SSSR count). The summed E-state index contributed by atoms with van der Waals surface area (Å²) in [5.74, 6) is 0. The summed E-state index contributed by atoms with van der Waals surface area (Å²) in [6, 6.07) is 0. The topological polar surface area (TPSA) is 83.1 Å². The van der Waals surface area contributed by atoms with Crippen LogP contribution in [0.3, 0.4) is 0 Å². The number of unbranched alkanes of at least 4 members (excludes halogenated alkanes) is 90. The van der Waals surface area contributed by atoms with E-state index >= 15 is 0 Å². The zero-order valence-corrected chi connectivity index (χ0v) is 89.1. The summed E-state index contributed by atoms with van der Waals surface area (Å²) in [4.78, 5) is 0. The van der Waals surface area contributed by atoms with Crippen molar-refractivity contribution in [2.75, 3.05) is 79.3 Å². The minimum Gasteiger partial charge on any atom is -0.379 e. The maximum absolute atomic E-state index is 7.29. The van der Waals surface area contributed by atoms with E-state index in [1.165, 1.54) is 578 Å². The first-order valence-electron chi connectivity index (χ1n) is 59.4. The van der Waals surface area contributed by atoms with Crippen molar-refractivity contribution in [2.24, 2.45) is 0 Å². The van der Waals surface area contributed by atoms with Crippen LogP contribution in [0.2, 0.25) is 0 Å². The maximum atomic E-state index is 7.29. The van der Waals surface area contributed by atoms with Gasteiger partial charge in [-0.25, -0.2) is 0 Å². The van der Waals surface area contributed by atoms with E-state index in [-0.39, 0.29) is 18.3 Å². The van der Waals surface area contributed by atoms with Crippen LogP contribution in [0.15, 0.2) is 0 Å². The molecule has 0 spiro atoms. The second-order valence-corrected chi connectivity index (χ2v) is 41.8. The fraction of sp³-hybridized carbons (Fsp3) is 1.00. The second kappa shape index (κ2) is 118. The normalized spacial score (nSPS) is 12.0. The summed E-state index contributed by atoms with van der Waals surface area (Å²) in [7, 11) is -1.93. The highest BCUT2D eigenvalue weighted by atomic mass is 31.2. The summed E-state index contributed by atoms with van der Waals surface area (Å²) < 4.78 is 62.0. The smallest absolute Gasteiger partial charge is 0.333 e. The lowest BCUT2D eigenvalue weighted by molar-refractivity contribution is -0.0620. The fourth-order valence-electron chi connectivity index (χ4n) is 18.6. The molecular formula is C117H237O9P. The molecule has 0 bridgehead atoms. The summed E-state index contributed by atoms with van der Waals surface area (Å²) in [5, 5.41) is 0. The first-order valence-corrected chi connectivity index (χ1v) is 60.5. The first kappa shape index (κ1) is 127. The van der Waals surface area contributed by atoms with E-state index in [2.05, 4.69) is 41.5 Å². The Morgan fingerprint density at radius 1 is 0.110 bits per heavy atom. The molecule has 10 heteroatoms. The number of hydrogen-bond acceptors (Lipinski definition) is 9. The van der Waals surface area contributed by atoms with E-state index in [4.69, 9.17) is 42.0 Å². The van der Waals surface area contributed by atoms with Crippen LogP contribution < -0.4 is 0 Å². The Balaban J connectivity index is 6.68. The Labute approximate surface area is 801 Å². The van der Waals surface area contributed by atoms with E-state index in [1.54, 1.807) is 0 Å². The molecule has 0 N–H and O–H groups in total. The van der Waals surface area contributed by atoms with Crippen molar-refractivity contribution >= 4 is 8.60 Å². The summed E-state index contributed by atoms with van der Waals surface area (Å²) in [6.45, 7) is 20.9. The molecule has 0 aromatic carbocycles. The van der Waals surface area contributed by atoms with Gasteiger partial charge in [0.25, 0.3) is 0 Å². The average Bonchev–Trinajstić information content (AvgIpc) is 0.895. The molecule has 0 saturated heterocycles. The molecular weight excluding hydrogens is 1580 g/mol. The van der Waals surface area contributed by atoms with Gasteiger partial charge in [-0.15, -0.1) is 0 Å². The Hall–Kier alpha value is 0.0700. The molecule has 9 nitrogen and oxygen atoms in total. The monoisotopic (exact) mass is 1820 g/mol. The van der Waals surface area contributed by atoms with E-state index < -0.39 is 8.60 Å². The Morgan fingerprint density at radius 3 is 0.276 bits per heavy atom. The van der Waals surface area contributed by atoms with Crippen LogP contribution in [0.25, 0.3) is 0 Å². The van der Waals surface area contributed by atoms with Crippen LogP contribution in [-0.2, 0) is 42.0 Å². The van der Waals surface area contributed by atoms with Crippen LogP contribution in [0.1, 0.15) is 658 Å². The van der Waals surface area contributed by atoms with Crippen molar-refractivity contribution in [2.45, 2.75) is 676 Å². The molecule has 0 saturated carbocycles. The van der Waals surface area contributed by atoms with Crippen LogP contribution >= 0.6 is 8.60 Å². The molecule has 0 aromatic heterocycles. The fourth-order valence-corrected chi connectivity index (χ4v) is 19.8. The standard InChI is InChI=1S/C117H237O9P/c1-7-13-19-25-31-37-43-49-55-61-67-73-79-85-91-97-103-118-109-115(110-119-104-98-92-86-80-74-68-62-56-50-44-38-32-26-20-14-8-2)124-127(125-116(111-120-105-99-93-87-81-75-69-63-57-51-45-39-33-27-21-15-9-3)112-121-106-100-94-88-82-76-70-64-58-52-46-40-34-28-22-16-10-4)126-117(113-122-107-101-95-89-83-77-71-65-59-53-47-41-35-29-23-17-11-5)114-123-108-102-96-90-84-78-72-66-60-54-48-42-36-30-24-18-12-6/h115-117H,7-114H2,1-6H3. The highest BCUT2D eigenvalue weighted by molar-refractivity contribution is 7.41. The van der Waals surface area contributed by atoms with Crippen molar-refractivity contribution in [3.8, 4) is 0 Å². The SMILES string of the molecule is CCCCCCCCCCCCCCCCCCOCC(COCCCCCCCCCCCCCCCCCC)OP(OC(COCCCCCCCCCCCCCCCCCC)COCCCCCCCCCCCCCCCCCC)OC(COCCCCCCCCCCCCCCCCCC)COCCCCCCCCCCCCCCCCCC. The van der Waals surface area contributed by atoms with Crippen molar-refractivity contribution in [1.29, 1.82) is 0 Å². The van der Waals surface area contributed by atoms with Gasteiger partial charge in [0.2, 0.25) is 0 Å². The van der Waals surface area contributed by atoms with Gasteiger partial charge in [-0.05, 0) is 38.5 Å². The summed E-state index contributed by atoms with van der Waals surface area (Å²) in [6.07, 6.45) is 130. The van der Waals surface area contributed by atoms with Gasteiger partial charge in [-0.3, -0.25) is 0 Å². The predicted octanol–water partition coefficient (Wildman–Crippen LogP) is 41.0. The lowest BCUT2D eigenvalue weighted by atomic mass is 10.0. The molecule has 0 heterocycles. The van der Waals surface area contributed by atoms with E-state index in [0.717, 1.165) is 78.2 Å². The third-order valence-electron chi connectivity index (χ3n) is 27.4. The molecule has 0 aromatic rings. The van der Waals surface area contributed by atoms with Crippen molar-refractivity contribution in [1.82, 2.24) is 0 Å². The van der Waals surface area contributed by atoms with Gasteiger partial charge in [0.1, 0.15) is 18.3 Å². The molecule has 0 amide bonds. The molecule has 0 aliphatic carbocycles. The Bertz CT molecular complexity index is 1540. The molecule has 764 valence electrons. The lowest BCUT2D eigenvalue weighted by Gasteiger charge is -2.29. The third kappa shape index (κ3) is 111. The minimum atomic E-state index is -1.93. The zero-order valence-electron chi connectivity index (χ0n) is 88.2. The Morgan fingerprint density at radius 2 is 0.189 bits per heavy atom. The van der Waals surface area contributed by atoms with Crippen LogP contribution in [-0.4, -0.2) is 97.6 Å². The van der Waals surface area contributed by atoms with Crippen LogP contribution in [0.4, 0.5) is 0 Å². The van der Waals surface area contributed by atoms with Crippen LogP contribution in [0.5, 0.6) is 0 Å². The Kier molecular flexibility index (Phi) is 118. The molecule has 127 heavy (non-hydrogen) atoms. The van der Waals surface area contributed by atoms with Gasteiger partial charge in [0, 0.05) is 39.6 Å². The van der Waals surface area contributed by atoms with Gasteiger partial charge in [-0.2, -0.15) is 0 Å². The molecule has 0 atom stereocenters. The van der Waals surface area contributed by atoms with Crippen molar-refractivity contribution in [3.63, 3.8) is 0 Å². The first-order chi connectivity index (χ1) is 63.1.